The van der Waals surface area contributed by atoms with Gasteiger partial charge in [-0.3, -0.25) is 9.59 Å². The number of aryl methyl sites for hydroxylation is 2. The molecule has 0 bridgehead atoms. The first-order valence-corrected chi connectivity index (χ1v) is 13.4. The van der Waals surface area contributed by atoms with Crippen LogP contribution in [0.3, 0.4) is 0 Å². The topological polar surface area (TPSA) is 103 Å². The second-order valence-corrected chi connectivity index (χ2v) is 10.2. The van der Waals surface area contributed by atoms with Crippen molar-refractivity contribution in [2.75, 3.05) is 23.5 Å². The molecular weight excluding hydrogens is 508 g/mol. The molecule has 2 amide bonds. The van der Waals surface area contributed by atoms with Gasteiger partial charge in [0.2, 0.25) is 5.91 Å². The highest BCUT2D eigenvalue weighted by molar-refractivity contribution is 8.03. The van der Waals surface area contributed by atoms with Crippen LogP contribution in [0, 0.1) is 25.2 Å². The van der Waals surface area contributed by atoms with Gasteiger partial charge in [-0.25, -0.2) is 0 Å². The predicted octanol–water partition coefficient (Wildman–Crippen LogP) is 6.02. The number of dihydropyridines is 1. The van der Waals surface area contributed by atoms with Crippen molar-refractivity contribution >= 4 is 35.0 Å². The number of benzene rings is 3. The fourth-order valence-electron chi connectivity index (χ4n) is 4.52. The summed E-state index contributed by atoms with van der Waals surface area (Å²) in [5, 5.41) is 19.9. The summed E-state index contributed by atoms with van der Waals surface area (Å²) in [4.78, 5) is 26.5. The Morgan fingerprint density at radius 3 is 2.38 bits per heavy atom. The third-order valence-corrected chi connectivity index (χ3v) is 7.40. The van der Waals surface area contributed by atoms with Gasteiger partial charge >= 0.3 is 0 Å². The molecule has 0 saturated carbocycles. The van der Waals surface area contributed by atoms with Crippen molar-refractivity contribution in [3.05, 3.63) is 111 Å². The molecule has 0 saturated heterocycles. The monoisotopic (exact) mass is 538 g/mol. The van der Waals surface area contributed by atoms with Crippen LogP contribution in [-0.4, -0.2) is 24.7 Å². The van der Waals surface area contributed by atoms with Gasteiger partial charge < -0.3 is 20.7 Å². The van der Waals surface area contributed by atoms with Crippen molar-refractivity contribution in [1.29, 1.82) is 5.26 Å². The van der Waals surface area contributed by atoms with E-state index in [1.807, 2.05) is 74.5 Å². The average molecular weight is 539 g/mol. The zero-order valence-electron chi connectivity index (χ0n) is 22.3. The lowest BCUT2D eigenvalue weighted by Gasteiger charge is -2.30. The van der Waals surface area contributed by atoms with Crippen molar-refractivity contribution in [2.24, 2.45) is 0 Å². The van der Waals surface area contributed by atoms with Gasteiger partial charge in [0.05, 0.1) is 41.1 Å². The Bertz CT molecular complexity index is 1510. The van der Waals surface area contributed by atoms with E-state index in [2.05, 4.69) is 22.0 Å². The maximum absolute atomic E-state index is 13.7. The smallest absolute Gasteiger partial charge is 0.254 e. The van der Waals surface area contributed by atoms with Gasteiger partial charge in [0.1, 0.15) is 5.75 Å². The molecule has 4 rings (SSSR count). The summed E-state index contributed by atoms with van der Waals surface area (Å²) in [5.74, 6) is -0.513. The summed E-state index contributed by atoms with van der Waals surface area (Å²) < 4.78 is 5.39. The number of nitriles is 1. The van der Waals surface area contributed by atoms with Gasteiger partial charge in [-0.15, -0.1) is 0 Å². The van der Waals surface area contributed by atoms with Crippen LogP contribution in [0.1, 0.15) is 29.5 Å². The summed E-state index contributed by atoms with van der Waals surface area (Å²) in [6.45, 7) is 5.76. The molecule has 1 heterocycles. The van der Waals surface area contributed by atoms with Crippen molar-refractivity contribution in [3.63, 3.8) is 0 Å². The predicted molar refractivity (Wildman–Crippen MR) is 156 cm³/mol. The number of hydrogen-bond donors (Lipinski definition) is 3. The molecule has 3 N–H and O–H groups in total. The second kappa shape index (κ2) is 12.4. The van der Waals surface area contributed by atoms with Gasteiger partial charge in [-0.2, -0.15) is 5.26 Å². The molecular formula is C31H30N4O3S. The van der Waals surface area contributed by atoms with E-state index in [4.69, 9.17) is 4.74 Å². The molecule has 198 valence electrons. The Hall–Kier alpha value is -4.48. The Balaban J connectivity index is 1.62. The lowest BCUT2D eigenvalue weighted by Crippen LogP contribution is -2.31. The Labute approximate surface area is 233 Å². The van der Waals surface area contributed by atoms with Gasteiger partial charge in [0.15, 0.2) is 0 Å². The maximum atomic E-state index is 13.7. The molecule has 1 unspecified atom stereocenters. The normalized spacial score (nSPS) is 14.8. The first-order valence-electron chi connectivity index (χ1n) is 12.4. The first-order chi connectivity index (χ1) is 18.8. The summed E-state index contributed by atoms with van der Waals surface area (Å²) in [6, 6.07) is 24.7. The Morgan fingerprint density at radius 2 is 1.69 bits per heavy atom. The van der Waals surface area contributed by atoms with Crippen LogP contribution in [0.2, 0.25) is 0 Å². The molecule has 1 aliphatic heterocycles. The molecule has 1 aliphatic rings. The second-order valence-electron chi connectivity index (χ2n) is 9.17. The van der Waals surface area contributed by atoms with Crippen LogP contribution in [0.15, 0.2) is 94.7 Å². The van der Waals surface area contributed by atoms with Gasteiger partial charge in [-0.1, -0.05) is 71.9 Å². The number of carbonyl (C=O) groups excluding carboxylic acids is 2. The minimum Gasteiger partial charge on any atom is -0.495 e. The molecule has 0 radical (unpaired) electrons. The summed E-state index contributed by atoms with van der Waals surface area (Å²) in [6.07, 6.45) is 0. The number of amides is 2. The van der Waals surface area contributed by atoms with E-state index in [1.54, 1.807) is 26.2 Å². The molecule has 0 aliphatic carbocycles. The van der Waals surface area contributed by atoms with E-state index in [1.165, 1.54) is 11.8 Å². The van der Waals surface area contributed by atoms with Crippen LogP contribution < -0.4 is 20.7 Å². The molecule has 3 aromatic carbocycles. The van der Waals surface area contributed by atoms with E-state index in [0.29, 0.717) is 33.3 Å². The SMILES string of the molecule is COc1ccccc1NC(=O)C1=C(C)NC(SCC(=O)Nc2ccc(C)cc2C)=C(C#N)C1c1ccccc1. The number of methoxy groups -OCH3 is 1. The zero-order valence-corrected chi connectivity index (χ0v) is 23.1. The van der Waals surface area contributed by atoms with Crippen LogP contribution >= 0.6 is 11.8 Å². The fourth-order valence-corrected chi connectivity index (χ4v) is 5.41. The third-order valence-electron chi connectivity index (χ3n) is 6.38. The molecule has 0 spiro atoms. The van der Waals surface area contributed by atoms with Crippen LogP contribution in [-0.2, 0) is 9.59 Å². The Kier molecular flexibility index (Phi) is 8.74. The van der Waals surface area contributed by atoms with E-state index in [9.17, 15) is 14.9 Å². The van der Waals surface area contributed by atoms with Gasteiger partial charge in [0, 0.05) is 17.0 Å². The number of ether oxygens (including phenoxy) is 1. The average Bonchev–Trinajstić information content (AvgIpc) is 2.93. The number of nitrogens with one attached hydrogen (secondary N) is 3. The molecule has 3 aromatic rings. The molecule has 8 heteroatoms. The third kappa shape index (κ3) is 6.33. The van der Waals surface area contributed by atoms with Gasteiger partial charge in [0.25, 0.3) is 5.91 Å². The minimum absolute atomic E-state index is 0.0956. The van der Waals surface area contributed by atoms with Crippen molar-refractivity contribution in [1.82, 2.24) is 5.32 Å². The van der Waals surface area contributed by atoms with E-state index in [-0.39, 0.29) is 17.6 Å². The Morgan fingerprint density at radius 1 is 0.974 bits per heavy atom. The maximum Gasteiger partial charge on any atom is 0.254 e. The minimum atomic E-state index is -0.614. The summed E-state index contributed by atoms with van der Waals surface area (Å²) >= 11 is 1.24. The molecule has 0 fully saturated rings. The lowest BCUT2D eigenvalue weighted by molar-refractivity contribution is -0.114. The largest absolute Gasteiger partial charge is 0.495 e. The number of hydrogen-bond acceptors (Lipinski definition) is 6. The first kappa shape index (κ1) is 27.6. The summed E-state index contributed by atoms with van der Waals surface area (Å²) in [7, 11) is 1.54. The van der Waals surface area contributed by atoms with Crippen LogP contribution in [0.4, 0.5) is 11.4 Å². The number of allylic oxidation sites excluding steroid dienone is 2. The van der Waals surface area contributed by atoms with Gasteiger partial charge in [-0.05, 0) is 50.1 Å². The number of para-hydroxylation sites is 2. The number of anilines is 2. The molecule has 7 nitrogen and oxygen atoms in total. The quantitative estimate of drug-likeness (QED) is 0.324. The molecule has 39 heavy (non-hydrogen) atoms. The lowest BCUT2D eigenvalue weighted by atomic mass is 9.82. The summed E-state index contributed by atoms with van der Waals surface area (Å²) in [5.41, 5.74) is 5.60. The van der Waals surface area contributed by atoms with E-state index in [0.717, 1.165) is 22.4 Å². The highest BCUT2D eigenvalue weighted by Crippen LogP contribution is 2.41. The van der Waals surface area contributed by atoms with E-state index < -0.39 is 5.92 Å². The standard InChI is InChI=1S/C31H30N4O3S/c1-19-14-15-24(20(2)16-19)34-27(36)18-39-31-23(17-32)29(22-10-6-5-7-11-22)28(21(3)33-31)30(37)35-25-12-8-9-13-26(25)38-4/h5-16,29,33H,18H2,1-4H3,(H,34,36)(H,35,37). The highest BCUT2D eigenvalue weighted by atomic mass is 32.2. The zero-order chi connectivity index (χ0) is 27.9. The number of thioether (sulfide) groups is 1. The number of rotatable bonds is 8. The van der Waals surface area contributed by atoms with Crippen molar-refractivity contribution in [3.8, 4) is 11.8 Å². The fraction of sp³-hybridized carbons (Fsp3) is 0.194. The van der Waals surface area contributed by atoms with Crippen LogP contribution in [0.5, 0.6) is 5.75 Å². The van der Waals surface area contributed by atoms with Crippen molar-refractivity contribution in [2.45, 2.75) is 26.7 Å². The number of nitrogens with zero attached hydrogens (tertiary/aromatic N) is 1. The van der Waals surface area contributed by atoms with Crippen molar-refractivity contribution < 1.29 is 14.3 Å². The van der Waals surface area contributed by atoms with E-state index >= 15 is 0 Å². The molecule has 1 atom stereocenters. The molecule has 0 aromatic heterocycles. The highest BCUT2D eigenvalue weighted by Gasteiger charge is 2.35. The van der Waals surface area contributed by atoms with Crippen LogP contribution in [0.25, 0.3) is 0 Å². The number of carbonyl (C=O) groups is 2.